The molecular formula is H5BNa2O5Si. The molecule has 0 radical (unpaired) electrons. The van der Waals surface area contributed by atoms with Crippen molar-refractivity contribution in [2.24, 2.45) is 0 Å². The minimum absolute atomic E-state index is 0. The molecule has 0 saturated carbocycles. The second-order valence-corrected chi connectivity index (χ2v) is 0.953. The SMILES string of the molecule is O=BO.O=[Si](O)O.[H-].[H-].[Na+].[Na+]. The van der Waals surface area contributed by atoms with Crippen molar-refractivity contribution in [3.8, 4) is 0 Å². The predicted molar refractivity (Wildman–Crippen MR) is 21.8 cm³/mol. The fourth-order valence-electron chi connectivity index (χ4n) is 0. The summed E-state index contributed by atoms with van der Waals surface area (Å²) in [4.78, 5) is 14.3. The first kappa shape index (κ1) is 22.4. The van der Waals surface area contributed by atoms with Crippen LogP contribution < -0.4 is 59.1 Å². The first-order valence-corrected chi connectivity index (χ1v) is 2.45. The zero-order valence-corrected chi connectivity index (χ0v) is 10.2. The van der Waals surface area contributed by atoms with Crippen LogP contribution in [-0.2, 0) is 9.17 Å². The van der Waals surface area contributed by atoms with E-state index in [4.69, 9.17) is 23.8 Å². The molecule has 0 saturated heterocycles. The van der Waals surface area contributed by atoms with E-state index in [0.717, 1.165) is 0 Å². The zero-order valence-electron chi connectivity index (χ0n) is 7.24. The Balaban J connectivity index is -0.00000000848. The maximum atomic E-state index is 8.74. The molecule has 0 rings (SSSR count). The van der Waals surface area contributed by atoms with Crippen LogP contribution in [0.2, 0.25) is 0 Å². The molecule has 0 aliphatic heterocycles. The van der Waals surface area contributed by atoms with Gasteiger partial charge in [0.2, 0.25) is 0 Å². The average molecular weight is 170 g/mol. The second kappa shape index (κ2) is 22.8. The molecule has 0 aromatic rings. The largest absolute Gasteiger partial charge is 1.00 e. The molecule has 0 atom stereocenters. The minimum atomic E-state index is -3.13. The third-order valence-corrected chi connectivity index (χ3v) is 0. The van der Waals surface area contributed by atoms with Gasteiger partial charge in [0.15, 0.2) is 0 Å². The van der Waals surface area contributed by atoms with Crippen molar-refractivity contribution in [2.75, 3.05) is 0 Å². The Bertz CT molecular complexity index is 69.5. The Kier molecular flexibility index (Phi) is 56.9. The maximum Gasteiger partial charge on any atom is 1.00 e. The van der Waals surface area contributed by atoms with E-state index in [-0.39, 0.29) is 69.3 Å². The minimum Gasteiger partial charge on any atom is -1.00 e. The number of hydrogen-bond donors (Lipinski definition) is 3. The molecule has 0 aromatic heterocycles. The Morgan fingerprint density at radius 2 is 1.33 bits per heavy atom. The summed E-state index contributed by atoms with van der Waals surface area (Å²) in [5, 5.41) is 6.89. The number of hydrogen-bond acceptors (Lipinski definition) is 2. The van der Waals surface area contributed by atoms with Gasteiger partial charge in [0, 0.05) is 0 Å². The van der Waals surface area contributed by atoms with Crippen LogP contribution in [-0.4, -0.2) is 31.1 Å². The molecule has 0 aliphatic rings. The van der Waals surface area contributed by atoms with Crippen LogP contribution in [0.4, 0.5) is 0 Å². The Morgan fingerprint density at radius 3 is 1.33 bits per heavy atom. The first-order valence-electron chi connectivity index (χ1n) is 1.15. The van der Waals surface area contributed by atoms with E-state index in [2.05, 4.69) is 0 Å². The van der Waals surface area contributed by atoms with Crippen LogP contribution in [0.3, 0.4) is 0 Å². The van der Waals surface area contributed by atoms with E-state index in [1.807, 2.05) is 0 Å². The fourth-order valence-corrected chi connectivity index (χ4v) is 0. The van der Waals surface area contributed by atoms with Crippen molar-refractivity contribution in [1.29, 1.82) is 0 Å². The summed E-state index contributed by atoms with van der Waals surface area (Å²) in [6.45, 7) is 0. The van der Waals surface area contributed by atoms with E-state index < -0.39 is 9.17 Å². The van der Waals surface area contributed by atoms with Crippen LogP contribution in [0.1, 0.15) is 2.85 Å². The van der Waals surface area contributed by atoms with Crippen molar-refractivity contribution in [3.63, 3.8) is 0 Å². The van der Waals surface area contributed by atoms with E-state index >= 15 is 0 Å². The monoisotopic (exact) mass is 170 g/mol. The maximum absolute atomic E-state index is 8.74. The molecule has 9 heteroatoms. The van der Waals surface area contributed by atoms with Crippen molar-refractivity contribution >= 4 is 16.5 Å². The van der Waals surface area contributed by atoms with Gasteiger partial charge in [0.05, 0.1) is 0 Å². The van der Waals surface area contributed by atoms with Gasteiger partial charge in [-0.3, -0.25) is 4.46 Å². The van der Waals surface area contributed by atoms with E-state index in [0.29, 0.717) is 0 Å². The van der Waals surface area contributed by atoms with Crippen LogP contribution in [0.5, 0.6) is 0 Å². The summed E-state index contributed by atoms with van der Waals surface area (Å²) in [6, 6.07) is 0. The van der Waals surface area contributed by atoms with Gasteiger partial charge < -0.3 is 12.4 Å². The van der Waals surface area contributed by atoms with Crippen molar-refractivity contribution in [3.05, 3.63) is 0 Å². The van der Waals surface area contributed by atoms with Crippen molar-refractivity contribution in [2.45, 2.75) is 0 Å². The molecule has 0 aromatic carbocycles. The third-order valence-electron chi connectivity index (χ3n) is 0. The standard InChI is InChI=1S/BHO2.2Na.H2O3Si.2H/c2-1-3;;;1-4(2)3;;/h2H;;;1-2H;;/q;2*+1;;2*-1. The molecular weight excluding hydrogens is 165 g/mol. The average Bonchev–Trinajstić information content (AvgIpc) is 1.33. The predicted octanol–water partition coefficient (Wildman–Crippen LogP) is -8.44. The topological polar surface area (TPSA) is 94.8 Å². The van der Waals surface area contributed by atoms with E-state index in [9.17, 15) is 0 Å². The zero-order chi connectivity index (χ0) is 6.28. The summed E-state index contributed by atoms with van der Waals surface area (Å²) in [6.07, 6.45) is 0. The van der Waals surface area contributed by atoms with Crippen LogP contribution >= 0.6 is 0 Å². The smallest absolute Gasteiger partial charge is 1.00 e. The molecule has 3 N–H and O–H groups in total. The van der Waals surface area contributed by atoms with Crippen LogP contribution in [0, 0.1) is 0 Å². The van der Waals surface area contributed by atoms with Gasteiger partial charge in [-0.15, -0.1) is 0 Å². The van der Waals surface area contributed by atoms with Crippen molar-refractivity contribution < 1.29 is 85.7 Å². The fraction of sp³-hybridized carbons (Fsp3) is 0. The van der Waals surface area contributed by atoms with Crippen molar-refractivity contribution in [1.82, 2.24) is 0 Å². The Labute approximate surface area is 101 Å². The summed E-state index contributed by atoms with van der Waals surface area (Å²) in [7, 11) is -3.38. The summed E-state index contributed by atoms with van der Waals surface area (Å²) >= 11 is 0. The molecule has 5 nitrogen and oxygen atoms in total. The van der Waals surface area contributed by atoms with Crippen LogP contribution in [0.25, 0.3) is 0 Å². The van der Waals surface area contributed by atoms with Gasteiger partial charge in [-0.25, -0.2) is 0 Å². The molecule has 0 spiro atoms. The molecule has 44 valence electrons. The molecule has 0 unspecified atom stereocenters. The molecule has 9 heavy (non-hydrogen) atoms. The van der Waals surface area contributed by atoms with E-state index in [1.165, 1.54) is 0 Å². The Morgan fingerprint density at radius 1 is 1.33 bits per heavy atom. The summed E-state index contributed by atoms with van der Waals surface area (Å²) in [5.41, 5.74) is 0. The molecule has 0 amide bonds. The first-order chi connectivity index (χ1) is 3.15. The number of rotatable bonds is 0. The van der Waals surface area contributed by atoms with Gasteiger partial charge in [-0.2, -0.15) is 0 Å². The quantitative estimate of drug-likeness (QED) is 0.314. The molecule has 0 heterocycles. The van der Waals surface area contributed by atoms with Gasteiger partial charge in [-0.1, -0.05) is 0 Å². The van der Waals surface area contributed by atoms with Gasteiger partial charge in [-0.05, 0) is 0 Å². The van der Waals surface area contributed by atoms with Gasteiger partial charge in [0.25, 0.3) is 0 Å². The Hall–Kier alpha value is 1.28. The second-order valence-electron chi connectivity index (χ2n) is 0.388. The molecule has 0 fully saturated rings. The van der Waals surface area contributed by atoms with Gasteiger partial charge in [0.1, 0.15) is 0 Å². The third kappa shape index (κ3) is 300. The molecule has 0 bridgehead atoms. The summed E-state index contributed by atoms with van der Waals surface area (Å²) in [5.74, 6) is 0. The molecule has 0 aliphatic carbocycles. The van der Waals surface area contributed by atoms with Gasteiger partial charge >= 0.3 is 85.4 Å². The normalized spacial score (nSPS) is 3.56. The summed E-state index contributed by atoms with van der Waals surface area (Å²) < 4.78 is 17.1. The van der Waals surface area contributed by atoms with E-state index in [1.54, 1.807) is 0 Å². The van der Waals surface area contributed by atoms with Crippen LogP contribution in [0.15, 0.2) is 0 Å².